The van der Waals surface area contributed by atoms with E-state index in [4.69, 9.17) is 11.6 Å². The van der Waals surface area contributed by atoms with E-state index in [2.05, 4.69) is 25.3 Å². The molecule has 0 aliphatic carbocycles. The Labute approximate surface area is 143 Å². The molecule has 0 atom stereocenters. The number of aromatic nitrogens is 4. The monoisotopic (exact) mass is 333 g/mol. The summed E-state index contributed by atoms with van der Waals surface area (Å²) in [4.78, 5) is 17.3. The molecule has 4 rings (SSSR count). The second-order valence-corrected chi connectivity index (χ2v) is 5.62. The van der Waals surface area contributed by atoms with E-state index in [0.29, 0.717) is 10.8 Å². The SMILES string of the molecule is Clc1ccc2nc(-c3ccc(Nc4cnccn4)cc3)cnc2c1. The highest BCUT2D eigenvalue weighted by Gasteiger charge is 2.04. The minimum absolute atomic E-state index is 0.656. The number of hydrogen-bond acceptors (Lipinski definition) is 5. The van der Waals surface area contributed by atoms with Crippen molar-refractivity contribution in [3.8, 4) is 11.3 Å². The molecule has 0 amide bonds. The lowest BCUT2D eigenvalue weighted by atomic mass is 10.1. The molecule has 0 radical (unpaired) electrons. The van der Waals surface area contributed by atoms with E-state index >= 15 is 0 Å². The Kier molecular flexibility index (Phi) is 3.76. The molecule has 4 aromatic rings. The van der Waals surface area contributed by atoms with Crippen molar-refractivity contribution < 1.29 is 0 Å². The van der Waals surface area contributed by atoms with Gasteiger partial charge in [0.1, 0.15) is 5.82 Å². The standard InChI is InChI=1S/C18H12ClN5/c19-13-3-6-15-16(9-13)22-10-17(24-15)12-1-4-14(5-2-12)23-18-11-20-7-8-21-18/h1-11H,(H,21,23). The van der Waals surface area contributed by atoms with Gasteiger partial charge in [-0.05, 0) is 30.3 Å². The first-order valence-corrected chi connectivity index (χ1v) is 7.71. The van der Waals surface area contributed by atoms with Crippen molar-refractivity contribution in [1.82, 2.24) is 19.9 Å². The fourth-order valence-electron chi connectivity index (χ4n) is 2.36. The molecule has 6 heteroatoms. The molecule has 0 bridgehead atoms. The highest BCUT2D eigenvalue weighted by molar-refractivity contribution is 6.31. The molecule has 5 nitrogen and oxygen atoms in total. The molecule has 2 aromatic heterocycles. The number of fused-ring (bicyclic) bond motifs is 1. The first-order chi connectivity index (χ1) is 11.8. The van der Waals surface area contributed by atoms with Crippen LogP contribution in [0.25, 0.3) is 22.3 Å². The number of nitrogens with zero attached hydrogens (tertiary/aromatic N) is 4. The molecule has 0 fully saturated rings. The van der Waals surface area contributed by atoms with E-state index in [1.165, 1.54) is 0 Å². The quantitative estimate of drug-likeness (QED) is 0.598. The third-order valence-electron chi connectivity index (χ3n) is 3.52. The summed E-state index contributed by atoms with van der Waals surface area (Å²) in [5.74, 6) is 0.702. The number of hydrogen-bond donors (Lipinski definition) is 1. The summed E-state index contributed by atoms with van der Waals surface area (Å²) in [7, 11) is 0. The molecule has 1 N–H and O–H groups in total. The molecule has 116 valence electrons. The van der Waals surface area contributed by atoms with Crippen molar-refractivity contribution in [2.45, 2.75) is 0 Å². The van der Waals surface area contributed by atoms with E-state index in [0.717, 1.165) is 28.0 Å². The summed E-state index contributed by atoms with van der Waals surface area (Å²) in [6, 6.07) is 13.4. The van der Waals surface area contributed by atoms with Crippen molar-refractivity contribution in [1.29, 1.82) is 0 Å². The molecule has 0 saturated carbocycles. The maximum atomic E-state index is 5.98. The zero-order valence-corrected chi connectivity index (χ0v) is 13.3. The van der Waals surface area contributed by atoms with Crippen molar-refractivity contribution in [2.24, 2.45) is 0 Å². The summed E-state index contributed by atoms with van der Waals surface area (Å²) in [5.41, 5.74) is 4.34. The minimum atomic E-state index is 0.656. The van der Waals surface area contributed by atoms with E-state index in [-0.39, 0.29) is 0 Å². The van der Waals surface area contributed by atoms with Gasteiger partial charge in [0.15, 0.2) is 0 Å². The van der Waals surface area contributed by atoms with Gasteiger partial charge >= 0.3 is 0 Å². The van der Waals surface area contributed by atoms with E-state index in [1.807, 2.05) is 42.5 Å². The Morgan fingerprint density at radius 1 is 0.833 bits per heavy atom. The van der Waals surface area contributed by atoms with Gasteiger partial charge in [0.2, 0.25) is 0 Å². The predicted octanol–water partition coefficient (Wildman–Crippen LogP) is 4.48. The fraction of sp³-hybridized carbons (Fsp3) is 0. The summed E-state index contributed by atoms with van der Waals surface area (Å²) in [6.45, 7) is 0. The second kappa shape index (κ2) is 6.22. The van der Waals surface area contributed by atoms with Gasteiger partial charge in [-0.3, -0.25) is 9.97 Å². The number of benzene rings is 2. The van der Waals surface area contributed by atoms with E-state index in [1.54, 1.807) is 24.8 Å². The normalized spacial score (nSPS) is 10.7. The van der Waals surface area contributed by atoms with Crippen molar-refractivity contribution in [2.75, 3.05) is 5.32 Å². The van der Waals surface area contributed by atoms with Crippen LogP contribution in [0.3, 0.4) is 0 Å². The molecule has 0 spiro atoms. The third kappa shape index (κ3) is 3.02. The molecule has 0 saturated heterocycles. The molecule has 2 aromatic carbocycles. The average Bonchev–Trinajstić information content (AvgIpc) is 2.63. The number of halogens is 1. The van der Waals surface area contributed by atoms with Crippen molar-refractivity contribution in [3.63, 3.8) is 0 Å². The Balaban J connectivity index is 1.61. The van der Waals surface area contributed by atoms with Gasteiger partial charge in [-0.2, -0.15) is 0 Å². The van der Waals surface area contributed by atoms with Crippen LogP contribution in [-0.4, -0.2) is 19.9 Å². The van der Waals surface area contributed by atoms with Gasteiger partial charge < -0.3 is 5.32 Å². The molecule has 0 unspecified atom stereocenters. The van der Waals surface area contributed by atoms with E-state index in [9.17, 15) is 0 Å². The fourth-order valence-corrected chi connectivity index (χ4v) is 2.53. The van der Waals surface area contributed by atoms with Crippen LogP contribution in [0.1, 0.15) is 0 Å². The molecule has 0 aliphatic rings. The Morgan fingerprint density at radius 2 is 1.71 bits per heavy atom. The zero-order valence-electron chi connectivity index (χ0n) is 12.5. The number of anilines is 2. The molecular formula is C18H12ClN5. The number of nitrogens with one attached hydrogen (secondary N) is 1. The molecular weight excluding hydrogens is 322 g/mol. The lowest BCUT2D eigenvalue weighted by Crippen LogP contribution is -1.94. The number of rotatable bonds is 3. The van der Waals surface area contributed by atoms with Crippen LogP contribution in [-0.2, 0) is 0 Å². The van der Waals surface area contributed by atoms with Gasteiger partial charge in [-0.1, -0.05) is 23.7 Å². The largest absolute Gasteiger partial charge is 0.339 e. The van der Waals surface area contributed by atoms with Crippen LogP contribution in [0, 0.1) is 0 Å². The molecule has 2 heterocycles. The maximum Gasteiger partial charge on any atom is 0.148 e. The van der Waals surface area contributed by atoms with Crippen LogP contribution in [0.4, 0.5) is 11.5 Å². The van der Waals surface area contributed by atoms with Crippen LogP contribution in [0.5, 0.6) is 0 Å². The zero-order chi connectivity index (χ0) is 16.4. The smallest absolute Gasteiger partial charge is 0.148 e. The van der Waals surface area contributed by atoms with Gasteiger partial charge in [0.05, 0.1) is 29.1 Å². The van der Waals surface area contributed by atoms with Crippen LogP contribution >= 0.6 is 11.6 Å². The predicted molar refractivity (Wildman–Crippen MR) is 95.3 cm³/mol. The van der Waals surface area contributed by atoms with Crippen LogP contribution in [0.2, 0.25) is 5.02 Å². The minimum Gasteiger partial charge on any atom is -0.339 e. The van der Waals surface area contributed by atoms with E-state index < -0.39 is 0 Å². The average molecular weight is 334 g/mol. The first-order valence-electron chi connectivity index (χ1n) is 7.34. The first kappa shape index (κ1) is 14.5. The Hall–Kier alpha value is -3.05. The second-order valence-electron chi connectivity index (χ2n) is 5.18. The highest BCUT2D eigenvalue weighted by Crippen LogP contribution is 2.23. The van der Waals surface area contributed by atoms with Gasteiger partial charge in [0, 0.05) is 28.7 Å². The van der Waals surface area contributed by atoms with Gasteiger partial charge in [-0.15, -0.1) is 0 Å². The molecule has 0 aliphatic heterocycles. The summed E-state index contributed by atoms with van der Waals surface area (Å²) in [5, 5.41) is 3.85. The highest BCUT2D eigenvalue weighted by atomic mass is 35.5. The Bertz CT molecular complexity index is 987. The lowest BCUT2D eigenvalue weighted by molar-refractivity contribution is 1.20. The van der Waals surface area contributed by atoms with Crippen LogP contribution < -0.4 is 5.32 Å². The van der Waals surface area contributed by atoms with Crippen molar-refractivity contribution >= 4 is 34.1 Å². The van der Waals surface area contributed by atoms with Gasteiger partial charge in [0.25, 0.3) is 0 Å². The Morgan fingerprint density at radius 3 is 2.50 bits per heavy atom. The summed E-state index contributed by atoms with van der Waals surface area (Å²) >= 11 is 5.98. The topological polar surface area (TPSA) is 63.6 Å². The van der Waals surface area contributed by atoms with Crippen molar-refractivity contribution in [3.05, 3.63) is 72.3 Å². The summed E-state index contributed by atoms with van der Waals surface area (Å²) < 4.78 is 0. The van der Waals surface area contributed by atoms with Crippen LogP contribution in [0.15, 0.2) is 67.3 Å². The summed E-state index contributed by atoms with van der Waals surface area (Å²) in [6.07, 6.45) is 6.71. The lowest BCUT2D eigenvalue weighted by Gasteiger charge is -2.07. The van der Waals surface area contributed by atoms with Gasteiger partial charge in [-0.25, -0.2) is 9.97 Å². The maximum absolute atomic E-state index is 5.98. The molecule has 24 heavy (non-hydrogen) atoms. The third-order valence-corrected chi connectivity index (χ3v) is 3.76.